The Bertz CT molecular complexity index is 905. The van der Waals surface area contributed by atoms with E-state index in [2.05, 4.69) is 53.8 Å². The van der Waals surface area contributed by atoms with Gasteiger partial charge in [0, 0.05) is 22.2 Å². The van der Waals surface area contributed by atoms with Gasteiger partial charge in [0.05, 0.1) is 25.2 Å². The van der Waals surface area contributed by atoms with Crippen LogP contribution in [0.3, 0.4) is 0 Å². The van der Waals surface area contributed by atoms with Crippen LogP contribution in [0.4, 0.5) is 0 Å². The summed E-state index contributed by atoms with van der Waals surface area (Å²) in [6, 6.07) is 18.3. The molecule has 180 valence electrons. The number of carbonyl (C=O) groups excluding carboxylic acids is 1. The van der Waals surface area contributed by atoms with Crippen LogP contribution in [0.2, 0.25) is 18.6 Å². The first kappa shape index (κ1) is 26.3. The molecule has 3 rings (SSSR count). The highest BCUT2D eigenvalue weighted by Gasteiger charge is 2.50. The molecule has 1 heterocycles. The topological polar surface area (TPSA) is 70.0 Å². The van der Waals surface area contributed by atoms with E-state index < -0.39 is 8.32 Å². The van der Waals surface area contributed by atoms with E-state index in [0.29, 0.717) is 6.54 Å². The van der Waals surface area contributed by atoms with Crippen LogP contribution in [0.5, 0.6) is 0 Å². The normalized spacial score (nSPS) is 23.0. The van der Waals surface area contributed by atoms with Crippen molar-refractivity contribution in [2.45, 2.75) is 63.6 Å². The average molecular weight is 582 g/mol. The molecule has 1 saturated heterocycles. The molecule has 0 saturated carbocycles. The van der Waals surface area contributed by atoms with E-state index in [4.69, 9.17) is 4.74 Å². The van der Waals surface area contributed by atoms with Crippen molar-refractivity contribution < 1.29 is 19.4 Å². The summed E-state index contributed by atoms with van der Waals surface area (Å²) in [4.78, 5) is 26.0. The molecule has 33 heavy (non-hydrogen) atoms. The van der Waals surface area contributed by atoms with Gasteiger partial charge in [-0.15, -0.1) is 0 Å². The number of aryl methyl sites for hydroxylation is 1. The molecule has 7 heteroatoms. The summed E-state index contributed by atoms with van der Waals surface area (Å²) in [6.07, 6.45) is 1.75. The number of carbonyl (C=O) groups is 1. The minimum Gasteiger partial charge on any atom is -0.432 e. The van der Waals surface area contributed by atoms with Gasteiger partial charge in [0.1, 0.15) is 0 Å². The summed E-state index contributed by atoms with van der Waals surface area (Å²) >= 11 is 2.33. The second-order valence-corrected chi connectivity index (χ2v) is 14.9. The number of benzene rings is 2. The van der Waals surface area contributed by atoms with Crippen LogP contribution in [0.25, 0.3) is 0 Å². The largest absolute Gasteiger partial charge is 0.432 e. The van der Waals surface area contributed by atoms with Crippen LogP contribution in [-0.4, -0.2) is 54.4 Å². The van der Waals surface area contributed by atoms with Gasteiger partial charge in [0.15, 0.2) is 8.32 Å². The molecule has 0 radical (unpaired) electrons. The Morgan fingerprint density at radius 3 is 2.42 bits per heavy atom. The third-order valence-electron chi connectivity index (χ3n) is 6.64. The molecule has 5 nitrogen and oxygen atoms in total. The Hall–Kier alpha value is -1.26. The lowest BCUT2D eigenvalue weighted by Gasteiger charge is -2.31. The van der Waals surface area contributed by atoms with Gasteiger partial charge < -0.3 is 19.5 Å². The third kappa shape index (κ3) is 7.36. The second kappa shape index (κ2) is 11.9. The molecule has 0 aliphatic carbocycles. The zero-order valence-electron chi connectivity index (χ0n) is 19.8. The van der Waals surface area contributed by atoms with Crippen molar-refractivity contribution in [3.63, 3.8) is 0 Å². The molecule has 1 aliphatic rings. The Kier molecular flexibility index (Phi) is 9.52. The third-order valence-corrected chi connectivity index (χ3v) is 9.84. The summed E-state index contributed by atoms with van der Waals surface area (Å²) in [7, 11) is -2.55. The summed E-state index contributed by atoms with van der Waals surface area (Å²) in [5, 5.41) is 9.53. The quantitative estimate of drug-likeness (QED) is 0.318. The fraction of sp³-hybridized carbons (Fsp3) is 0.500. The van der Waals surface area contributed by atoms with Crippen LogP contribution < -0.4 is 0 Å². The van der Waals surface area contributed by atoms with Gasteiger partial charge in [-0.2, -0.15) is 0 Å². The number of rotatable bonds is 10. The van der Waals surface area contributed by atoms with E-state index in [1.165, 1.54) is 9.13 Å². The minimum absolute atomic E-state index is 0.00457. The number of nitrogens with zero attached hydrogens (tertiary/aromatic N) is 1. The molecule has 0 unspecified atom stereocenters. The highest BCUT2D eigenvalue weighted by Crippen LogP contribution is 2.45. The SMILES string of the molecule is C[C@@H]1[C@@H]([Si](C)(C)O)[C@H](CC(=O)N(CCO)Cc2ccccc2)O[C@@H]1CCc1cccc(I)c1. The lowest BCUT2D eigenvalue weighted by molar-refractivity contribution is -0.135. The number of aliphatic hydroxyl groups excluding tert-OH is 1. The molecule has 1 amide bonds. The predicted octanol–water partition coefficient (Wildman–Crippen LogP) is 4.61. The standard InChI is InChI=1S/C26H36INO4Si/c1-19-23(13-12-20-10-7-11-22(27)16-20)32-24(26(19)33(2,3)31)17-25(30)28(14-15-29)18-21-8-5-4-6-9-21/h4-11,16,19,23-24,26,29,31H,12-15,17-18H2,1-3H3/t19-,23+,24-,26+/m0/s1. The first-order valence-corrected chi connectivity index (χ1v) is 15.8. The average Bonchev–Trinajstić information content (AvgIpc) is 3.07. The van der Waals surface area contributed by atoms with Gasteiger partial charge in [0.25, 0.3) is 0 Å². The fourth-order valence-electron chi connectivity index (χ4n) is 5.13. The lowest BCUT2D eigenvalue weighted by Crippen LogP contribution is -2.42. The van der Waals surface area contributed by atoms with E-state index in [0.717, 1.165) is 18.4 Å². The van der Waals surface area contributed by atoms with Crippen LogP contribution in [-0.2, 0) is 22.5 Å². The number of hydrogen-bond acceptors (Lipinski definition) is 4. The van der Waals surface area contributed by atoms with Crippen molar-refractivity contribution in [2.24, 2.45) is 5.92 Å². The Labute approximate surface area is 212 Å². The first-order chi connectivity index (χ1) is 15.7. The van der Waals surface area contributed by atoms with E-state index in [1.54, 1.807) is 4.90 Å². The van der Waals surface area contributed by atoms with E-state index in [1.807, 2.05) is 43.4 Å². The fourth-order valence-corrected chi connectivity index (χ4v) is 8.34. The maximum absolute atomic E-state index is 13.3. The van der Waals surface area contributed by atoms with Gasteiger partial charge in [-0.1, -0.05) is 49.4 Å². The Balaban J connectivity index is 1.69. The molecule has 2 aromatic rings. The number of ether oxygens (including phenoxy) is 1. The molecular weight excluding hydrogens is 545 g/mol. The molecule has 1 aliphatic heterocycles. The molecule has 0 spiro atoms. The molecule has 2 N–H and O–H groups in total. The number of halogens is 1. The number of aliphatic hydroxyl groups is 1. The van der Waals surface area contributed by atoms with Gasteiger partial charge in [-0.25, -0.2) is 0 Å². The van der Waals surface area contributed by atoms with Crippen molar-refractivity contribution in [2.75, 3.05) is 13.2 Å². The molecule has 2 aromatic carbocycles. The summed E-state index contributed by atoms with van der Waals surface area (Å²) in [6.45, 7) is 6.73. The maximum Gasteiger partial charge on any atom is 0.225 e. The van der Waals surface area contributed by atoms with Crippen molar-refractivity contribution in [3.8, 4) is 0 Å². The minimum atomic E-state index is -2.55. The van der Waals surface area contributed by atoms with Crippen LogP contribution >= 0.6 is 22.6 Å². The van der Waals surface area contributed by atoms with Crippen molar-refractivity contribution in [1.29, 1.82) is 0 Å². The van der Waals surface area contributed by atoms with Gasteiger partial charge >= 0.3 is 0 Å². The van der Waals surface area contributed by atoms with Gasteiger partial charge in [0.2, 0.25) is 5.91 Å². The summed E-state index contributed by atoms with van der Waals surface area (Å²) in [5.74, 6) is 0.157. The van der Waals surface area contributed by atoms with Crippen molar-refractivity contribution in [3.05, 3.63) is 69.3 Å². The highest BCUT2D eigenvalue weighted by molar-refractivity contribution is 14.1. The highest BCUT2D eigenvalue weighted by atomic mass is 127. The summed E-state index contributed by atoms with van der Waals surface area (Å²) < 4.78 is 7.70. The van der Waals surface area contributed by atoms with E-state index in [-0.39, 0.29) is 49.1 Å². The zero-order valence-corrected chi connectivity index (χ0v) is 22.9. The molecular formula is C26H36INO4Si. The summed E-state index contributed by atoms with van der Waals surface area (Å²) in [5.41, 5.74) is 2.31. The molecule has 4 atom stereocenters. The molecule has 0 bridgehead atoms. The van der Waals surface area contributed by atoms with Crippen molar-refractivity contribution >= 4 is 36.8 Å². The second-order valence-electron chi connectivity index (χ2n) is 9.65. The Morgan fingerprint density at radius 1 is 1.09 bits per heavy atom. The first-order valence-electron chi connectivity index (χ1n) is 11.7. The zero-order chi connectivity index (χ0) is 24.0. The smallest absolute Gasteiger partial charge is 0.225 e. The van der Waals surface area contributed by atoms with Crippen LogP contribution in [0.1, 0.15) is 30.9 Å². The molecule has 1 fully saturated rings. The van der Waals surface area contributed by atoms with E-state index in [9.17, 15) is 14.7 Å². The lowest BCUT2D eigenvalue weighted by atomic mass is 9.95. The molecule has 0 aromatic heterocycles. The van der Waals surface area contributed by atoms with E-state index >= 15 is 0 Å². The van der Waals surface area contributed by atoms with Gasteiger partial charge in [-0.05, 0) is 77.7 Å². The van der Waals surface area contributed by atoms with Gasteiger partial charge in [-0.3, -0.25) is 4.79 Å². The predicted molar refractivity (Wildman–Crippen MR) is 142 cm³/mol. The van der Waals surface area contributed by atoms with Crippen LogP contribution in [0, 0.1) is 9.49 Å². The Morgan fingerprint density at radius 2 is 1.79 bits per heavy atom. The van der Waals surface area contributed by atoms with Crippen LogP contribution in [0.15, 0.2) is 54.6 Å². The maximum atomic E-state index is 13.3. The monoisotopic (exact) mass is 581 g/mol. The number of hydrogen-bond donors (Lipinski definition) is 2. The van der Waals surface area contributed by atoms with Crippen molar-refractivity contribution in [1.82, 2.24) is 4.90 Å². The number of amides is 1.